The zero-order chi connectivity index (χ0) is 21.3. The van der Waals surface area contributed by atoms with Crippen LogP contribution < -0.4 is 16.7 Å². The molecule has 4 rings (SSSR count). The number of nitrogens with zero attached hydrogens (tertiary/aromatic N) is 4. The number of hydrogen-bond donors (Lipinski definition) is 2. The molecule has 0 aliphatic rings. The minimum atomic E-state index is -0.524. The summed E-state index contributed by atoms with van der Waals surface area (Å²) >= 11 is 5.95. The number of imidazole rings is 1. The number of anilines is 1. The van der Waals surface area contributed by atoms with E-state index < -0.39 is 11.2 Å². The summed E-state index contributed by atoms with van der Waals surface area (Å²) in [6, 6.07) is 17.0. The molecule has 0 radical (unpaired) electrons. The molecule has 0 amide bonds. The maximum atomic E-state index is 12.6. The Labute approximate surface area is 176 Å². The first-order valence-corrected chi connectivity index (χ1v) is 9.61. The summed E-state index contributed by atoms with van der Waals surface area (Å²) in [5, 5.41) is 5.06. The average Bonchev–Trinajstić information content (AvgIpc) is 3.10. The zero-order valence-corrected chi connectivity index (χ0v) is 17.1. The van der Waals surface area contributed by atoms with Crippen molar-refractivity contribution in [1.82, 2.24) is 19.1 Å². The molecular weight excluding hydrogens is 404 g/mol. The van der Waals surface area contributed by atoms with Gasteiger partial charge in [-0.25, -0.2) is 10.2 Å². The largest absolute Gasteiger partial charge is 0.329 e. The van der Waals surface area contributed by atoms with Gasteiger partial charge in [0.05, 0.1) is 12.3 Å². The normalized spacial score (nSPS) is 11.8. The number of rotatable bonds is 5. The van der Waals surface area contributed by atoms with Crippen LogP contribution in [0.15, 0.2) is 69.3 Å². The average molecular weight is 423 g/mol. The maximum Gasteiger partial charge on any atom is 0.329 e. The fraction of sp³-hybridized carbons (Fsp3) is 0.143. The molecule has 0 aliphatic heterocycles. The molecule has 152 valence electrons. The third-order valence-corrected chi connectivity index (χ3v) is 5.03. The molecule has 0 saturated heterocycles. The smallest absolute Gasteiger partial charge is 0.298 e. The van der Waals surface area contributed by atoms with E-state index >= 15 is 0 Å². The van der Waals surface area contributed by atoms with Crippen molar-refractivity contribution in [2.45, 2.75) is 13.5 Å². The van der Waals surface area contributed by atoms with Crippen molar-refractivity contribution in [3.63, 3.8) is 0 Å². The number of fused-ring (bicyclic) bond motifs is 1. The van der Waals surface area contributed by atoms with Gasteiger partial charge in [0.2, 0.25) is 5.95 Å². The first kappa shape index (κ1) is 19.7. The van der Waals surface area contributed by atoms with Crippen LogP contribution in [0.4, 0.5) is 5.95 Å². The molecule has 2 heterocycles. The fourth-order valence-corrected chi connectivity index (χ4v) is 3.26. The van der Waals surface area contributed by atoms with E-state index in [1.54, 1.807) is 23.7 Å². The highest BCUT2D eigenvalue weighted by atomic mass is 35.5. The van der Waals surface area contributed by atoms with E-state index in [4.69, 9.17) is 11.6 Å². The molecule has 2 aromatic heterocycles. The highest BCUT2D eigenvalue weighted by molar-refractivity contribution is 6.30. The van der Waals surface area contributed by atoms with Crippen molar-refractivity contribution in [2.75, 3.05) is 5.43 Å². The predicted octanol–water partition coefficient (Wildman–Crippen LogP) is 2.96. The minimum Gasteiger partial charge on any atom is -0.298 e. The maximum absolute atomic E-state index is 12.6. The summed E-state index contributed by atoms with van der Waals surface area (Å²) in [6.45, 7) is 2.24. The quantitative estimate of drug-likeness (QED) is 0.381. The number of H-pyrrole nitrogens is 1. The lowest BCUT2D eigenvalue weighted by molar-refractivity contribution is 0.808. The van der Waals surface area contributed by atoms with E-state index in [1.807, 2.05) is 49.4 Å². The molecule has 0 atom stereocenters. The lowest BCUT2D eigenvalue weighted by Crippen LogP contribution is -2.29. The topological polar surface area (TPSA) is 97.1 Å². The molecule has 0 aliphatic carbocycles. The van der Waals surface area contributed by atoms with Crippen molar-refractivity contribution in [3.05, 3.63) is 91.6 Å². The molecule has 8 nitrogen and oxygen atoms in total. The summed E-state index contributed by atoms with van der Waals surface area (Å²) in [5.74, 6) is 0.355. The molecule has 0 saturated carbocycles. The van der Waals surface area contributed by atoms with Crippen LogP contribution in [-0.4, -0.2) is 24.8 Å². The second kappa shape index (κ2) is 8.00. The molecular formula is C21H19ClN6O2. The third kappa shape index (κ3) is 3.77. The number of nitrogens with one attached hydrogen (secondary N) is 2. The molecule has 0 fully saturated rings. The van der Waals surface area contributed by atoms with Gasteiger partial charge in [0.1, 0.15) is 0 Å². The SMILES string of the molecule is C/C(=N\Nc1nc2c(c(=O)[nH]c(=O)n2C)n1Cc1ccccc1)c1ccc(Cl)cc1. The number of benzene rings is 2. The van der Waals surface area contributed by atoms with Crippen LogP contribution in [0.2, 0.25) is 5.02 Å². The predicted molar refractivity (Wildman–Crippen MR) is 118 cm³/mol. The van der Waals surface area contributed by atoms with E-state index in [0.29, 0.717) is 28.7 Å². The van der Waals surface area contributed by atoms with Crippen LogP contribution in [0.3, 0.4) is 0 Å². The van der Waals surface area contributed by atoms with Crippen molar-refractivity contribution in [2.24, 2.45) is 12.1 Å². The molecule has 2 aromatic carbocycles. The summed E-state index contributed by atoms with van der Waals surface area (Å²) in [5.41, 5.74) is 5.09. The second-order valence-corrected chi connectivity index (χ2v) is 7.25. The standard InChI is InChI=1S/C21H19ClN6O2/c1-13(15-8-10-16(22)11-9-15)25-26-20-23-18-17(19(29)24-21(30)27(18)2)28(20)12-14-6-4-3-5-7-14/h3-11H,12H2,1-2H3,(H,23,26)(H,24,29,30)/b25-13+. The van der Waals surface area contributed by atoms with Crippen LogP contribution in [0, 0.1) is 0 Å². The van der Waals surface area contributed by atoms with Gasteiger partial charge in [0.15, 0.2) is 11.2 Å². The Hall–Kier alpha value is -3.65. The van der Waals surface area contributed by atoms with E-state index in [0.717, 1.165) is 11.1 Å². The van der Waals surface area contributed by atoms with Gasteiger partial charge in [0.25, 0.3) is 5.56 Å². The van der Waals surface area contributed by atoms with Crippen molar-refractivity contribution in [3.8, 4) is 0 Å². The van der Waals surface area contributed by atoms with E-state index in [9.17, 15) is 9.59 Å². The van der Waals surface area contributed by atoms with Crippen molar-refractivity contribution < 1.29 is 0 Å². The lowest BCUT2D eigenvalue weighted by Gasteiger charge is -2.09. The van der Waals surface area contributed by atoms with Crippen LogP contribution in [-0.2, 0) is 13.6 Å². The molecule has 0 unspecified atom stereocenters. The monoisotopic (exact) mass is 422 g/mol. The summed E-state index contributed by atoms with van der Waals surface area (Å²) in [4.78, 5) is 31.4. The Bertz CT molecular complexity index is 1350. The van der Waals surface area contributed by atoms with Crippen LogP contribution >= 0.6 is 11.6 Å². The minimum absolute atomic E-state index is 0.279. The van der Waals surface area contributed by atoms with Crippen LogP contribution in [0.25, 0.3) is 11.2 Å². The van der Waals surface area contributed by atoms with Crippen molar-refractivity contribution >= 4 is 34.4 Å². The van der Waals surface area contributed by atoms with Gasteiger partial charge in [0, 0.05) is 12.1 Å². The fourth-order valence-electron chi connectivity index (χ4n) is 3.13. The van der Waals surface area contributed by atoms with Crippen molar-refractivity contribution in [1.29, 1.82) is 0 Å². The number of aromatic nitrogens is 4. The van der Waals surface area contributed by atoms with Gasteiger partial charge in [-0.15, -0.1) is 0 Å². The first-order chi connectivity index (χ1) is 14.4. The Morgan fingerprint density at radius 2 is 1.83 bits per heavy atom. The number of aromatic amines is 1. The van der Waals surface area contributed by atoms with Gasteiger partial charge in [-0.05, 0) is 30.2 Å². The molecule has 9 heteroatoms. The van der Waals surface area contributed by atoms with Gasteiger partial charge < -0.3 is 0 Å². The number of hydrogen-bond acceptors (Lipinski definition) is 5. The molecule has 0 spiro atoms. The lowest BCUT2D eigenvalue weighted by atomic mass is 10.1. The Morgan fingerprint density at radius 1 is 1.13 bits per heavy atom. The highest BCUT2D eigenvalue weighted by Crippen LogP contribution is 2.18. The van der Waals surface area contributed by atoms with E-state index in [2.05, 4.69) is 20.5 Å². The van der Waals surface area contributed by atoms with Gasteiger partial charge >= 0.3 is 5.69 Å². The van der Waals surface area contributed by atoms with Crippen LogP contribution in [0.1, 0.15) is 18.1 Å². The third-order valence-electron chi connectivity index (χ3n) is 4.78. The number of halogens is 1. The van der Waals surface area contributed by atoms with Gasteiger partial charge in [-0.2, -0.15) is 10.1 Å². The van der Waals surface area contributed by atoms with Crippen LogP contribution in [0.5, 0.6) is 0 Å². The van der Waals surface area contributed by atoms with E-state index in [1.165, 1.54) is 4.57 Å². The molecule has 0 bridgehead atoms. The zero-order valence-electron chi connectivity index (χ0n) is 16.4. The molecule has 4 aromatic rings. The molecule has 2 N–H and O–H groups in total. The Balaban J connectivity index is 1.81. The van der Waals surface area contributed by atoms with Gasteiger partial charge in [-0.1, -0.05) is 54.1 Å². The number of hydrazone groups is 1. The van der Waals surface area contributed by atoms with E-state index in [-0.39, 0.29) is 5.65 Å². The summed E-state index contributed by atoms with van der Waals surface area (Å²) in [6.07, 6.45) is 0. The Morgan fingerprint density at radius 3 is 2.53 bits per heavy atom. The number of aryl methyl sites for hydroxylation is 1. The summed E-state index contributed by atoms with van der Waals surface area (Å²) in [7, 11) is 1.56. The van der Waals surface area contributed by atoms with Gasteiger partial charge in [-0.3, -0.25) is 18.9 Å². The Kier molecular flexibility index (Phi) is 5.24. The highest BCUT2D eigenvalue weighted by Gasteiger charge is 2.17. The molecule has 30 heavy (non-hydrogen) atoms. The second-order valence-electron chi connectivity index (χ2n) is 6.81. The summed E-state index contributed by atoms with van der Waals surface area (Å²) < 4.78 is 3.01. The first-order valence-electron chi connectivity index (χ1n) is 9.24.